The second kappa shape index (κ2) is 3.87. The topological polar surface area (TPSA) is 86.5 Å². The summed E-state index contributed by atoms with van der Waals surface area (Å²) in [5.74, 6) is 1.23. The highest BCUT2D eigenvalue weighted by atomic mass is 16.1. The first-order chi connectivity index (χ1) is 8.22. The van der Waals surface area contributed by atoms with Crippen LogP contribution in [0.1, 0.15) is 31.5 Å². The minimum atomic E-state index is -0.170. The van der Waals surface area contributed by atoms with Gasteiger partial charge >= 0.3 is 0 Å². The van der Waals surface area contributed by atoms with Gasteiger partial charge in [0.15, 0.2) is 11.2 Å². The standard InChI is InChI=1S/C11H15N5O/c1-6-12-8-9(13-6)15-11(16-10(8)17)14-7-4-2-3-5-7/h7H,2-5H2,1H3,(H3,12,13,14,15,16,17). The molecule has 0 unspecified atom stereocenters. The first-order valence-corrected chi connectivity index (χ1v) is 5.95. The zero-order valence-corrected chi connectivity index (χ0v) is 9.71. The SMILES string of the molecule is Cc1nc2nc(NC3CCCC3)[nH]c(=O)c2[nH]1. The minimum absolute atomic E-state index is 0.170. The Morgan fingerprint density at radius 2 is 2.00 bits per heavy atom. The predicted octanol–water partition coefficient (Wildman–Crippen LogP) is 1.31. The molecule has 17 heavy (non-hydrogen) atoms. The summed E-state index contributed by atoms with van der Waals surface area (Å²) in [5, 5.41) is 3.26. The van der Waals surface area contributed by atoms with Crippen LogP contribution in [0.15, 0.2) is 4.79 Å². The van der Waals surface area contributed by atoms with E-state index in [1.54, 1.807) is 0 Å². The molecule has 1 saturated carbocycles. The lowest BCUT2D eigenvalue weighted by atomic mass is 10.2. The summed E-state index contributed by atoms with van der Waals surface area (Å²) in [6.07, 6.45) is 4.76. The smallest absolute Gasteiger partial charge is 0.278 e. The molecule has 3 N–H and O–H groups in total. The number of nitrogens with zero attached hydrogens (tertiary/aromatic N) is 2. The Balaban J connectivity index is 1.96. The molecule has 1 fully saturated rings. The van der Waals surface area contributed by atoms with Crippen LogP contribution in [0.5, 0.6) is 0 Å². The molecule has 0 saturated heterocycles. The largest absolute Gasteiger partial charge is 0.353 e. The van der Waals surface area contributed by atoms with E-state index in [9.17, 15) is 4.79 Å². The number of hydrogen-bond donors (Lipinski definition) is 3. The van der Waals surface area contributed by atoms with Gasteiger partial charge in [-0.1, -0.05) is 12.8 Å². The summed E-state index contributed by atoms with van der Waals surface area (Å²) >= 11 is 0. The van der Waals surface area contributed by atoms with E-state index >= 15 is 0 Å². The number of aryl methyl sites for hydroxylation is 1. The zero-order chi connectivity index (χ0) is 11.8. The highest BCUT2D eigenvalue weighted by Crippen LogP contribution is 2.20. The van der Waals surface area contributed by atoms with Crippen molar-refractivity contribution in [1.82, 2.24) is 19.9 Å². The number of fused-ring (bicyclic) bond motifs is 1. The number of nitrogens with one attached hydrogen (secondary N) is 3. The molecule has 0 spiro atoms. The van der Waals surface area contributed by atoms with Gasteiger partial charge in [-0.2, -0.15) is 4.98 Å². The lowest BCUT2D eigenvalue weighted by Crippen LogP contribution is -2.20. The number of aromatic amines is 2. The normalized spacial score (nSPS) is 16.8. The maximum absolute atomic E-state index is 11.8. The van der Waals surface area contributed by atoms with E-state index < -0.39 is 0 Å². The lowest BCUT2D eigenvalue weighted by Gasteiger charge is -2.11. The second-order valence-electron chi connectivity index (χ2n) is 4.56. The zero-order valence-electron chi connectivity index (χ0n) is 9.71. The van der Waals surface area contributed by atoms with Crippen molar-refractivity contribution in [3.8, 4) is 0 Å². The first kappa shape index (κ1) is 10.3. The van der Waals surface area contributed by atoms with Crippen LogP contribution < -0.4 is 10.9 Å². The van der Waals surface area contributed by atoms with Crippen molar-refractivity contribution in [1.29, 1.82) is 0 Å². The van der Waals surface area contributed by atoms with E-state index in [0.29, 0.717) is 29.0 Å². The summed E-state index contributed by atoms with van der Waals surface area (Å²) in [7, 11) is 0. The molecule has 2 aromatic heterocycles. The van der Waals surface area contributed by atoms with Gasteiger partial charge in [-0.05, 0) is 19.8 Å². The lowest BCUT2D eigenvalue weighted by molar-refractivity contribution is 0.744. The molecule has 0 aromatic carbocycles. The van der Waals surface area contributed by atoms with Crippen LogP contribution in [0.3, 0.4) is 0 Å². The average molecular weight is 233 g/mol. The van der Waals surface area contributed by atoms with Crippen LogP contribution in [0.25, 0.3) is 11.2 Å². The van der Waals surface area contributed by atoms with Crippen LogP contribution in [0.4, 0.5) is 5.95 Å². The molecule has 2 heterocycles. The van der Waals surface area contributed by atoms with Crippen LogP contribution in [0.2, 0.25) is 0 Å². The summed E-state index contributed by atoms with van der Waals surface area (Å²) in [5.41, 5.74) is 0.752. The fraction of sp³-hybridized carbons (Fsp3) is 0.545. The van der Waals surface area contributed by atoms with E-state index in [-0.39, 0.29) is 5.56 Å². The fourth-order valence-corrected chi connectivity index (χ4v) is 2.35. The van der Waals surface area contributed by atoms with Crippen molar-refractivity contribution >= 4 is 17.1 Å². The molecule has 0 atom stereocenters. The maximum atomic E-state index is 11.8. The Morgan fingerprint density at radius 1 is 1.24 bits per heavy atom. The summed E-state index contributed by atoms with van der Waals surface area (Å²) < 4.78 is 0. The van der Waals surface area contributed by atoms with Crippen LogP contribution >= 0.6 is 0 Å². The molecule has 1 aliphatic carbocycles. The van der Waals surface area contributed by atoms with Crippen molar-refractivity contribution in [3.05, 3.63) is 16.2 Å². The van der Waals surface area contributed by atoms with Gasteiger partial charge in [0.25, 0.3) is 5.56 Å². The molecular formula is C11H15N5O. The van der Waals surface area contributed by atoms with Crippen LogP contribution in [-0.4, -0.2) is 26.0 Å². The van der Waals surface area contributed by atoms with Gasteiger partial charge in [-0.15, -0.1) is 0 Å². The molecule has 0 aliphatic heterocycles. The molecule has 2 aromatic rings. The van der Waals surface area contributed by atoms with Crippen LogP contribution in [-0.2, 0) is 0 Å². The Kier molecular flexibility index (Phi) is 2.35. The van der Waals surface area contributed by atoms with Gasteiger partial charge < -0.3 is 10.3 Å². The van der Waals surface area contributed by atoms with E-state index in [2.05, 4.69) is 25.3 Å². The molecule has 0 amide bonds. The number of anilines is 1. The van der Waals surface area contributed by atoms with E-state index in [1.807, 2.05) is 6.92 Å². The highest BCUT2D eigenvalue weighted by Gasteiger charge is 2.16. The maximum Gasteiger partial charge on any atom is 0.278 e. The Morgan fingerprint density at radius 3 is 2.76 bits per heavy atom. The number of H-pyrrole nitrogens is 2. The molecule has 6 heteroatoms. The van der Waals surface area contributed by atoms with Crippen molar-refractivity contribution in [2.45, 2.75) is 38.6 Å². The molecule has 0 bridgehead atoms. The molecule has 3 rings (SSSR count). The van der Waals surface area contributed by atoms with Crippen LogP contribution in [0, 0.1) is 6.92 Å². The molecule has 0 radical (unpaired) electrons. The summed E-state index contributed by atoms with van der Waals surface area (Å²) in [6, 6.07) is 0.427. The van der Waals surface area contributed by atoms with E-state index in [4.69, 9.17) is 0 Å². The van der Waals surface area contributed by atoms with Crippen molar-refractivity contribution in [3.63, 3.8) is 0 Å². The van der Waals surface area contributed by atoms with Gasteiger partial charge in [0.2, 0.25) is 5.95 Å². The van der Waals surface area contributed by atoms with E-state index in [1.165, 1.54) is 12.8 Å². The quantitative estimate of drug-likeness (QED) is 0.730. The molecule has 6 nitrogen and oxygen atoms in total. The van der Waals surface area contributed by atoms with Crippen molar-refractivity contribution in [2.24, 2.45) is 0 Å². The van der Waals surface area contributed by atoms with Gasteiger partial charge in [-0.3, -0.25) is 9.78 Å². The number of aromatic nitrogens is 4. The Hall–Kier alpha value is -1.85. The molecule has 1 aliphatic rings. The summed E-state index contributed by atoms with van der Waals surface area (Å²) in [4.78, 5) is 25.9. The number of imidazole rings is 1. The number of rotatable bonds is 2. The van der Waals surface area contributed by atoms with Crippen molar-refractivity contribution in [2.75, 3.05) is 5.32 Å². The molecular weight excluding hydrogens is 218 g/mol. The number of hydrogen-bond acceptors (Lipinski definition) is 4. The third-order valence-corrected chi connectivity index (χ3v) is 3.18. The summed E-state index contributed by atoms with van der Waals surface area (Å²) in [6.45, 7) is 1.81. The minimum Gasteiger partial charge on any atom is -0.353 e. The van der Waals surface area contributed by atoms with Gasteiger partial charge in [0.1, 0.15) is 5.82 Å². The first-order valence-electron chi connectivity index (χ1n) is 5.95. The third kappa shape index (κ3) is 1.90. The third-order valence-electron chi connectivity index (χ3n) is 3.18. The van der Waals surface area contributed by atoms with E-state index in [0.717, 1.165) is 12.8 Å². The van der Waals surface area contributed by atoms with Crippen molar-refractivity contribution < 1.29 is 0 Å². The Bertz CT molecular complexity index is 593. The second-order valence-corrected chi connectivity index (χ2v) is 4.56. The van der Waals surface area contributed by atoms with Gasteiger partial charge in [0.05, 0.1) is 0 Å². The predicted molar refractivity (Wildman–Crippen MR) is 65.1 cm³/mol. The Labute approximate surface area is 97.9 Å². The van der Waals surface area contributed by atoms with Gasteiger partial charge in [0, 0.05) is 6.04 Å². The monoisotopic (exact) mass is 233 g/mol. The highest BCUT2D eigenvalue weighted by molar-refractivity contribution is 5.70. The van der Waals surface area contributed by atoms with Gasteiger partial charge in [-0.25, -0.2) is 4.98 Å². The average Bonchev–Trinajstić information content (AvgIpc) is 2.87. The molecule has 90 valence electrons. The fourth-order valence-electron chi connectivity index (χ4n) is 2.35.